The van der Waals surface area contributed by atoms with Gasteiger partial charge >= 0.3 is 0 Å². The third kappa shape index (κ3) is 5.07. The number of hydrogen-bond donors (Lipinski definition) is 2. The number of H-pyrrole nitrogens is 1. The molecule has 1 saturated heterocycles. The maximum atomic E-state index is 13.0. The second kappa shape index (κ2) is 9.77. The van der Waals surface area contributed by atoms with E-state index in [1.165, 1.54) is 11.3 Å². The fourth-order valence-corrected chi connectivity index (χ4v) is 5.65. The van der Waals surface area contributed by atoms with Crippen molar-refractivity contribution in [1.29, 1.82) is 0 Å². The number of hydrogen-bond acceptors (Lipinski definition) is 7. The molecule has 2 N–H and O–H groups in total. The van der Waals surface area contributed by atoms with Crippen LogP contribution in [0.4, 0.5) is 5.69 Å². The third-order valence-electron chi connectivity index (χ3n) is 6.48. The van der Waals surface area contributed by atoms with E-state index in [-0.39, 0.29) is 11.5 Å². The molecule has 0 unspecified atom stereocenters. The van der Waals surface area contributed by atoms with Gasteiger partial charge in [-0.3, -0.25) is 19.4 Å². The Bertz CT molecular complexity index is 1420. The number of nitrogens with one attached hydrogen (secondary N) is 2. The van der Waals surface area contributed by atoms with Crippen molar-refractivity contribution in [2.75, 3.05) is 31.5 Å². The van der Waals surface area contributed by atoms with Crippen molar-refractivity contribution < 1.29 is 9.21 Å². The molecule has 8 nitrogen and oxygen atoms in total. The lowest BCUT2D eigenvalue weighted by atomic mass is 10.1. The molecule has 4 heterocycles. The van der Waals surface area contributed by atoms with Crippen molar-refractivity contribution in [3.05, 3.63) is 80.1 Å². The normalized spacial score (nSPS) is 15.1. The second-order valence-electron chi connectivity index (χ2n) is 9.15. The Morgan fingerprint density at radius 1 is 1.11 bits per heavy atom. The first-order valence-corrected chi connectivity index (χ1v) is 12.6. The van der Waals surface area contributed by atoms with Crippen LogP contribution in [0.1, 0.15) is 37.9 Å². The number of aromatic amines is 1. The molecule has 35 heavy (non-hydrogen) atoms. The SMILES string of the molecule is Cc1ccc(NC(=O)c2sc3nc(CN4CCN(Cc5ccco5)CC4)[nH]c(=O)c3c2C)c(C)c1. The Hall–Kier alpha value is -3.27. The molecule has 1 aliphatic heterocycles. The lowest BCUT2D eigenvalue weighted by Crippen LogP contribution is -2.45. The minimum atomic E-state index is -0.217. The number of carbonyl (C=O) groups excluding carboxylic acids is 1. The number of rotatable bonds is 6. The van der Waals surface area contributed by atoms with E-state index in [1.807, 2.05) is 51.1 Å². The van der Waals surface area contributed by atoms with E-state index >= 15 is 0 Å². The minimum Gasteiger partial charge on any atom is -0.468 e. The van der Waals surface area contributed by atoms with Crippen LogP contribution in [0.5, 0.6) is 0 Å². The van der Waals surface area contributed by atoms with Crippen LogP contribution in [-0.4, -0.2) is 51.9 Å². The number of nitrogens with zero attached hydrogens (tertiary/aromatic N) is 3. The van der Waals surface area contributed by atoms with E-state index in [0.717, 1.165) is 55.3 Å². The molecule has 0 atom stereocenters. The molecule has 4 aromatic rings. The fraction of sp³-hybridized carbons (Fsp3) is 0.346. The molecule has 3 aromatic heterocycles. The summed E-state index contributed by atoms with van der Waals surface area (Å²) in [6, 6.07) is 9.81. The van der Waals surface area contributed by atoms with Crippen LogP contribution in [-0.2, 0) is 13.1 Å². The average Bonchev–Trinajstić information content (AvgIpc) is 3.45. The molecule has 1 aromatic carbocycles. The van der Waals surface area contributed by atoms with Gasteiger partial charge in [0.2, 0.25) is 0 Å². The van der Waals surface area contributed by atoms with E-state index in [4.69, 9.17) is 9.40 Å². The van der Waals surface area contributed by atoms with Crippen molar-refractivity contribution >= 4 is 33.1 Å². The summed E-state index contributed by atoms with van der Waals surface area (Å²) in [5.41, 5.74) is 3.38. The summed E-state index contributed by atoms with van der Waals surface area (Å²) in [5, 5.41) is 3.48. The monoisotopic (exact) mass is 491 g/mol. The average molecular weight is 492 g/mol. The number of thiophene rings is 1. The lowest BCUT2D eigenvalue weighted by Gasteiger charge is -2.33. The van der Waals surface area contributed by atoms with Gasteiger partial charge in [0.15, 0.2) is 0 Å². The molecule has 1 amide bonds. The van der Waals surface area contributed by atoms with Crippen molar-refractivity contribution in [2.24, 2.45) is 0 Å². The molecule has 182 valence electrons. The van der Waals surface area contributed by atoms with Crippen LogP contribution in [0.25, 0.3) is 10.2 Å². The molecule has 5 rings (SSSR count). The number of benzene rings is 1. The largest absolute Gasteiger partial charge is 0.468 e. The molecule has 0 bridgehead atoms. The summed E-state index contributed by atoms with van der Waals surface area (Å²) in [7, 11) is 0. The molecular weight excluding hydrogens is 462 g/mol. The number of aryl methyl sites for hydroxylation is 3. The van der Waals surface area contributed by atoms with E-state index in [2.05, 4.69) is 20.1 Å². The fourth-order valence-electron chi connectivity index (χ4n) is 4.55. The number of piperazine rings is 1. The standard InChI is InChI=1S/C26H29N5O3S/c1-16-6-7-20(17(2)13-16)27-25(33)23-18(3)22-24(32)28-21(29-26(22)35-23)15-31-10-8-30(9-11-31)14-19-5-4-12-34-19/h4-7,12-13H,8-11,14-15H2,1-3H3,(H,27,33)(H,28,29,32). The zero-order valence-corrected chi connectivity index (χ0v) is 21.0. The van der Waals surface area contributed by atoms with Crippen molar-refractivity contribution in [3.63, 3.8) is 0 Å². The maximum Gasteiger partial charge on any atom is 0.266 e. The Labute approximate surface area is 207 Å². The first-order chi connectivity index (χ1) is 16.9. The zero-order valence-electron chi connectivity index (χ0n) is 20.2. The predicted molar refractivity (Wildman–Crippen MR) is 138 cm³/mol. The van der Waals surface area contributed by atoms with Gasteiger partial charge in [0.25, 0.3) is 11.5 Å². The van der Waals surface area contributed by atoms with Crippen molar-refractivity contribution in [3.8, 4) is 0 Å². The minimum absolute atomic E-state index is 0.194. The van der Waals surface area contributed by atoms with E-state index < -0.39 is 0 Å². The van der Waals surface area contributed by atoms with Gasteiger partial charge in [0.1, 0.15) is 16.4 Å². The Kier molecular flexibility index (Phi) is 6.55. The number of anilines is 1. The van der Waals surface area contributed by atoms with E-state index in [9.17, 15) is 9.59 Å². The highest BCUT2D eigenvalue weighted by Crippen LogP contribution is 2.28. The summed E-state index contributed by atoms with van der Waals surface area (Å²) in [6.45, 7) is 10.8. The first kappa shape index (κ1) is 23.5. The van der Waals surface area contributed by atoms with Gasteiger partial charge < -0.3 is 14.7 Å². The van der Waals surface area contributed by atoms with Gasteiger partial charge in [-0.25, -0.2) is 4.98 Å². The van der Waals surface area contributed by atoms with Crippen LogP contribution in [0.15, 0.2) is 45.8 Å². The molecule has 0 spiro atoms. The highest BCUT2D eigenvalue weighted by atomic mass is 32.1. The van der Waals surface area contributed by atoms with Crippen molar-refractivity contribution in [2.45, 2.75) is 33.9 Å². The van der Waals surface area contributed by atoms with Crippen molar-refractivity contribution in [1.82, 2.24) is 19.8 Å². The number of furan rings is 1. The number of fused-ring (bicyclic) bond motifs is 1. The molecule has 0 radical (unpaired) electrons. The van der Waals surface area contributed by atoms with E-state index in [0.29, 0.717) is 33.0 Å². The molecular formula is C26H29N5O3S. The van der Waals surface area contributed by atoms with Gasteiger partial charge in [0, 0.05) is 31.9 Å². The molecule has 0 aliphatic carbocycles. The number of carbonyl (C=O) groups is 1. The van der Waals surface area contributed by atoms with Gasteiger partial charge in [-0.1, -0.05) is 17.7 Å². The van der Waals surface area contributed by atoms with Crippen LogP contribution in [0.2, 0.25) is 0 Å². The topological polar surface area (TPSA) is 94.5 Å². The highest BCUT2D eigenvalue weighted by molar-refractivity contribution is 7.20. The molecule has 1 aliphatic rings. The summed E-state index contributed by atoms with van der Waals surface area (Å²) in [6.07, 6.45) is 1.70. The third-order valence-corrected chi connectivity index (χ3v) is 7.67. The molecule has 9 heteroatoms. The Balaban J connectivity index is 1.29. The summed E-state index contributed by atoms with van der Waals surface area (Å²) < 4.78 is 5.45. The smallest absolute Gasteiger partial charge is 0.266 e. The summed E-state index contributed by atoms with van der Waals surface area (Å²) in [5.74, 6) is 1.39. The van der Waals surface area contributed by atoms with Crippen LogP contribution in [0, 0.1) is 20.8 Å². The van der Waals surface area contributed by atoms with Crippen LogP contribution in [0.3, 0.4) is 0 Å². The Morgan fingerprint density at radius 3 is 2.54 bits per heavy atom. The first-order valence-electron chi connectivity index (χ1n) is 11.8. The van der Waals surface area contributed by atoms with Crippen LogP contribution >= 0.6 is 11.3 Å². The summed E-state index contributed by atoms with van der Waals surface area (Å²) >= 11 is 1.27. The van der Waals surface area contributed by atoms with Gasteiger partial charge in [0.05, 0.1) is 29.6 Å². The maximum absolute atomic E-state index is 13.0. The highest BCUT2D eigenvalue weighted by Gasteiger charge is 2.22. The quantitative estimate of drug-likeness (QED) is 0.422. The van der Waals surface area contributed by atoms with Crippen LogP contribution < -0.4 is 10.9 Å². The zero-order chi connectivity index (χ0) is 24.5. The lowest BCUT2D eigenvalue weighted by molar-refractivity contribution is 0.103. The van der Waals surface area contributed by atoms with E-state index in [1.54, 1.807) is 6.26 Å². The molecule has 0 saturated carbocycles. The molecule has 1 fully saturated rings. The Morgan fingerprint density at radius 2 is 1.86 bits per heavy atom. The number of amides is 1. The number of aromatic nitrogens is 2. The van der Waals surface area contributed by atoms with Gasteiger partial charge in [-0.05, 0) is 50.1 Å². The van der Waals surface area contributed by atoms with Gasteiger partial charge in [-0.2, -0.15) is 0 Å². The second-order valence-corrected chi connectivity index (χ2v) is 10.2. The predicted octanol–water partition coefficient (Wildman–Crippen LogP) is 4.07. The van der Waals surface area contributed by atoms with Gasteiger partial charge in [-0.15, -0.1) is 11.3 Å². The summed E-state index contributed by atoms with van der Waals surface area (Å²) in [4.78, 5) is 39.4.